The number of nitrogen functional groups attached to an aromatic ring is 1. The summed E-state index contributed by atoms with van der Waals surface area (Å²) in [6.45, 7) is 27.8. The molecule has 0 saturated heterocycles. The van der Waals surface area contributed by atoms with E-state index in [2.05, 4.69) is 142 Å². The van der Waals surface area contributed by atoms with Gasteiger partial charge in [-0.2, -0.15) is 0 Å². The van der Waals surface area contributed by atoms with Crippen molar-refractivity contribution >= 4 is 53.9 Å². The molecule has 3 amide bonds. The number of likely N-dealkylation sites (N-methyl/N-ethyl adjacent to an activating group) is 1. The number of carbonyl (C=O) groups excluding carboxylic acids is 4. The second kappa shape index (κ2) is 42.9. The summed E-state index contributed by atoms with van der Waals surface area (Å²) < 4.78 is 38.3. The maximum Gasteiger partial charge on any atom is 0.413 e. The van der Waals surface area contributed by atoms with Gasteiger partial charge in [0.1, 0.15) is 69.4 Å². The second-order valence-electron chi connectivity index (χ2n) is 29.7. The first-order valence-corrected chi connectivity index (χ1v) is 37.1. The number of nitrogens with zero attached hydrogens (tertiary/aromatic N) is 7. The van der Waals surface area contributed by atoms with Crippen LogP contribution in [0.1, 0.15) is 152 Å². The topological polar surface area (TPSA) is 256 Å². The Labute approximate surface area is 647 Å². The summed E-state index contributed by atoms with van der Waals surface area (Å²) in [6, 6.07) is 38.4. The van der Waals surface area contributed by atoms with Crippen LogP contribution in [0.4, 0.5) is 37.7 Å². The number of hydrogen-bond donors (Lipinski definition) is 4. The fourth-order valence-electron chi connectivity index (χ4n) is 11.4. The van der Waals surface area contributed by atoms with E-state index in [-0.39, 0.29) is 0 Å². The van der Waals surface area contributed by atoms with E-state index in [4.69, 9.17) is 38.9 Å². The Morgan fingerprint density at radius 2 is 0.725 bits per heavy atom. The highest BCUT2D eigenvalue weighted by Crippen LogP contribution is 2.38. The molecule has 0 saturated carbocycles. The van der Waals surface area contributed by atoms with Crippen LogP contribution in [0.5, 0.6) is 23.0 Å². The highest BCUT2D eigenvalue weighted by atomic mass is 16.6. The molecule has 0 radical (unpaired) electrons. The number of aryl methyl sites for hydroxylation is 6. The molecular formula is C87H119N11O11. The standard InChI is InChI=1S/C24H35N3O3.C24H33N3O3.C20H24N2O4.C19H27N3O/c2*1-8-17-15-19(21(29-7)16-18(17)11-10-14-27(5)6)20-12-9-13-22(25-20)26-23(28)30-24(2,3)4;1-6-13-10-15(17(25-5)11-14(13)12-23)16-8-7-9-18(21-16)22-19(24)26-20(2,3)4;1-5-14-12-16(17-9-6-10-19(20)21-17)18(23-4)13-15(14)8-7-11-22(2)3/h9,12-13,15-16H,8,10-11,14H2,1-7H3,(H,25,26,28);9-13,15-16H,8,14H2,1-7H3,(H,25,26,28);7-12H,6H2,1-5H3,(H,21,22,24);6,9-10,12-13H,5,7-8,11H2,1-4H3,(H2,20,21)/b;11-10+;;. The Morgan fingerprint density at radius 3 is 1.03 bits per heavy atom. The Morgan fingerprint density at radius 1 is 0.413 bits per heavy atom. The summed E-state index contributed by atoms with van der Waals surface area (Å²) in [5.74, 6) is 4.70. The smallest absolute Gasteiger partial charge is 0.413 e. The van der Waals surface area contributed by atoms with Gasteiger partial charge in [0.2, 0.25) is 0 Å². The first-order valence-electron chi connectivity index (χ1n) is 37.1. The van der Waals surface area contributed by atoms with Crippen LogP contribution in [-0.2, 0) is 52.7 Å². The van der Waals surface area contributed by atoms with Crippen LogP contribution in [0.3, 0.4) is 0 Å². The van der Waals surface area contributed by atoms with Crippen LogP contribution in [0.15, 0.2) is 127 Å². The molecule has 0 atom stereocenters. The van der Waals surface area contributed by atoms with Gasteiger partial charge in [0.15, 0.2) is 0 Å². The fraction of sp³-hybridized carbons (Fsp3) is 0.425. The predicted octanol–water partition coefficient (Wildman–Crippen LogP) is 18.3. The third-order valence-corrected chi connectivity index (χ3v) is 16.5. The summed E-state index contributed by atoms with van der Waals surface area (Å²) in [6.07, 6.45) is 11.3. The van der Waals surface area contributed by atoms with Gasteiger partial charge in [0.05, 0.1) is 51.2 Å². The van der Waals surface area contributed by atoms with Crippen molar-refractivity contribution in [2.24, 2.45) is 0 Å². The summed E-state index contributed by atoms with van der Waals surface area (Å²) >= 11 is 0. The van der Waals surface area contributed by atoms with E-state index in [0.29, 0.717) is 46.7 Å². The van der Waals surface area contributed by atoms with Crippen LogP contribution in [0.25, 0.3) is 51.1 Å². The molecular weight excluding hydrogens is 1380 g/mol. The van der Waals surface area contributed by atoms with E-state index in [1.54, 1.807) is 85.6 Å². The van der Waals surface area contributed by atoms with E-state index in [9.17, 15) is 19.2 Å². The van der Waals surface area contributed by atoms with Gasteiger partial charge in [-0.3, -0.25) is 20.7 Å². The van der Waals surface area contributed by atoms with E-state index < -0.39 is 35.1 Å². The minimum Gasteiger partial charge on any atom is -0.496 e. The molecule has 0 fully saturated rings. The van der Waals surface area contributed by atoms with E-state index >= 15 is 0 Å². The number of nitrogens with one attached hydrogen (secondary N) is 3. The first kappa shape index (κ1) is 89.2. The third kappa shape index (κ3) is 29.9. The number of aromatic nitrogens is 4. The maximum atomic E-state index is 12.1. The molecule has 0 aliphatic heterocycles. The second-order valence-corrected chi connectivity index (χ2v) is 29.7. The molecule has 588 valence electrons. The molecule has 0 spiro atoms. The number of amides is 3. The number of benzene rings is 4. The molecule has 4 aromatic heterocycles. The highest BCUT2D eigenvalue weighted by molar-refractivity contribution is 5.87. The Hall–Kier alpha value is -10.4. The zero-order valence-electron chi connectivity index (χ0n) is 68.8. The number of pyridine rings is 4. The summed E-state index contributed by atoms with van der Waals surface area (Å²) in [5, 5.41) is 8.03. The summed E-state index contributed by atoms with van der Waals surface area (Å²) in [5.41, 5.74) is 19.7. The van der Waals surface area contributed by atoms with Gasteiger partial charge in [-0.1, -0.05) is 64.1 Å². The molecule has 4 heterocycles. The van der Waals surface area contributed by atoms with Crippen molar-refractivity contribution in [3.05, 3.63) is 172 Å². The molecule has 4 aromatic carbocycles. The van der Waals surface area contributed by atoms with E-state index in [1.165, 1.54) is 27.8 Å². The number of nitrogens with two attached hydrogens (primary N) is 1. The van der Waals surface area contributed by atoms with Gasteiger partial charge in [0.25, 0.3) is 0 Å². The number of ether oxygens (including phenoxy) is 7. The van der Waals surface area contributed by atoms with E-state index in [1.807, 2.05) is 117 Å². The summed E-state index contributed by atoms with van der Waals surface area (Å²) in [7, 11) is 19.1. The molecule has 0 bridgehead atoms. The number of methoxy groups -OCH3 is 4. The van der Waals surface area contributed by atoms with Gasteiger partial charge >= 0.3 is 18.3 Å². The number of anilines is 4. The fourth-order valence-corrected chi connectivity index (χ4v) is 11.4. The van der Waals surface area contributed by atoms with Crippen LogP contribution in [0, 0.1) is 0 Å². The monoisotopic (exact) mass is 1490 g/mol. The van der Waals surface area contributed by atoms with Crippen molar-refractivity contribution < 1.29 is 52.3 Å². The quantitative estimate of drug-likeness (QED) is 0.0276. The lowest BCUT2D eigenvalue weighted by molar-refractivity contribution is 0.0624. The van der Waals surface area contributed by atoms with Gasteiger partial charge in [-0.15, -0.1) is 0 Å². The van der Waals surface area contributed by atoms with E-state index in [0.717, 1.165) is 139 Å². The Balaban J connectivity index is 0.000000262. The molecule has 109 heavy (non-hydrogen) atoms. The van der Waals surface area contributed by atoms with Crippen molar-refractivity contribution in [1.82, 2.24) is 34.6 Å². The zero-order valence-corrected chi connectivity index (χ0v) is 68.8. The minimum absolute atomic E-state index is 0.372. The number of rotatable bonds is 27. The van der Waals surface area contributed by atoms with Gasteiger partial charge in [0, 0.05) is 34.4 Å². The average molecular weight is 1490 g/mol. The van der Waals surface area contributed by atoms with Crippen LogP contribution in [0.2, 0.25) is 0 Å². The molecule has 22 heteroatoms. The minimum atomic E-state index is -0.592. The lowest BCUT2D eigenvalue weighted by Crippen LogP contribution is -2.27. The maximum absolute atomic E-state index is 12.1. The van der Waals surface area contributed by atoms with Crippen molar-refractivity contribution in [2.75, 3.05) is 112 Å². The Bertz CT molecular complexity index is 4310. The molecule has 0 aliphatic rings. The zero-order chi connectivity index (χ0) is 80.8. The number of carbonyl (C=O) groups is 4. The largest absolute Gasteiger partial charge is 0.496 e. The van der Waals surface area contributed by atoms with Crippen LogP contribution < -0.4 is 40.6 Å². The van der Waals surface area contributed by atoms with Crippen LogP contribution in [-0.4, -0.2) is 166 Å². The molecule has 8 rings (SSSR count). The van der Waals surface area contributed by atoms with Gasteiger partial charge in [-0.25, -0.2) is 34.3 Å². The number of hydrogen-bond acceptors (Lipinski definition) is 19. The third-order valence-electron chi connectivity index (χ3n) is 16.5. The highest BCUT2D eigenvalue weighted by Gasteiger charge is 2.23. The normalized spacial score (nSPS) is 11.3. The lowest BCUT2D eigenvalue weighted by Gasteiger charge is -2.19. The molecule has 8 aromatic rings. The SMILES string of the molecule is CCc1cc(-c2cccc(N)n2)c(OC)cc1CCCN(C)C.CCc1cc(-c2cccc(NC(=O)OC(C)(C)C)n2)c(OC)cc1/C=C/CN(C)C.CCc1cc(-c2cccc(NC(=O)OC(C)(C)C)n2)c(OC)cc1C=O.CCc1cc(-c2cccc(NC(=O)OC(C)(C)C)n2)c(OC)cc1CCCN(C)C. The van der Waals surface area contributed by atoms with Gasteiger partial charge in [-0.05, 0) is 305 Å². The molecule has 0 aliphatic carbocycles. The molecule has 5 N–H and O–H groups in total. The molecule has 0 unspecified atom stereocenters. The number of aldehydes is 1. The molecule has 22 nitrogen and oxygen atoms in total. The van der Waals surface area contributed by atoms with Crippen molar-refractivity contribution in [3.63, 3.8) is 0 Å². The Kier molecular flexibility index (Phi) is 35.1. The lowest BCUT2D eigenvalue weighted by atomic mass is 9.96. The predicted molar refractivity (Wildman–Crippen MR) is 443 cm³/mol. The van der Waals surface area contributed by atoms with Crippen molar-refractivity contribution in [3.8, 4) is 68.0 Å². The van der Waals surface area contributed by atoms with Crippen molar-refractivity contribution in [2.45, 2.75) is 158 Å². The van der Waals surface area contributed by atoms with Crippen LogP contribution >= 0.6 is 0 Å². The first-order chi connectivity index (χ1) is 51.6. The average Bonchev–Trinajstić information content (AvgIpc) is 0.826. The van der Waals surface area contributed by atoms with Gasteiger partial charge < -0.3 is 53.6 Å². The van der Waals surface area contributed by atoms with Crippen molar-refractivity contribution in [1.29, 1.82) is 0 Å². The summed E-state index contributed by atoms with van der Waals surface area (Å²) in [4.78, 5) is 72.0.